The molecule has 130 valence electrons. The van der Waals surface area contributed by atoms with Crippen molar-refractivity contribution < 1.29 is 9.53 Å². The maximum absolute atomic E-state index is 12.3. The monoisotopic (exact) mass is 333 g/mol. The van der Waals surface area contributed by atoms with Gasteiger partial charge in [-0.3, -0.25) is 14.4 Å². The van der Waals surface area contributed by atoms with Crippen LogP contribution in [0.4, 0.5) is 5.82 Å². The highest BCUT2D eigenvalue weighted by molar-refractivity contribution is 5.91. The quantitative estimate of drug-likeness (QED) is 0.823. The smallest absolute Gasteiger partial charge is 0.239 e. The number of amides is 1. The van der Waals surface area contributed by atoms with Crippen LogP contribution in [0.15, 0.2) is 24.9 Å². The van der Waals surface area contributed by atoms with Crippen LogP contribution in [-0.4, -0.2) is 67.7 Å². The molecule has 1 amide bonds. The van der Waals surface area contributed by atoms with Crippen molar-refractivity contribution in [1.29, 1.82) is 0 Å². The second-order valence-electron chi connectivity index (χ2n) is 6.15. The molecule has 2 aromatic heterocycles. The third-order valence-electron chi connectivity index (χ3n) is 3.87. The van der Waals surface area contributed by atoms with Crippen molar-refractivity contribution in [3.8, 4) is 0 Å². The van der Waals surface area contributed by atoms with Crippen LogP contribution in [0.1, 0.15) is 19.9 Å². The molecule has 0 radical (unpaired) electrons. The van der Waals surface area contributed by atoms with Gasteiger partial charge in [0.2, 0.25) is 5.91 Å². The highest BCUT2D eigenvalue weighted by atomic mass is 16.5. The minimum Gasteiger partial charge on any atom is -0.374 e. The SMILES string of the molecule is CC(C)n1nccc1NC(=O)CN1CCO[C@H](Cn2cncn2)C1. The lowest BCUT2D eigenvalue weighted by Gasteiger charge is -2.32. The van der Waals surface area contributed by atoms with Crippen LogP contribution in [0.2, 0.25) is 0 Å². The fraction of sp³-hybridized carbons (Fsp3) is 0.600. The molecular weight excluding hydrogens is 310 g/mol. The summed E-state index contributed by atoms with van der Waals surface area (Å²) in [6.45, 7) is 7.06. The molecule has 9 heteroatoms. The molecule has 1 aliphatic heterocycles. The molecule has 1 atom stereocenters. The molecule has 3 heterocycles. The van der Waals surface area contributed by atoms with E-state index in [1.165, 1.54) is 6.33 Å². The molecule has 0 aromatic carbocycles. The maximum atomic E-state index is 12.3. The summed E-state index contributed by atoms with van der Waals surface area (Å²) in [6.07, 6.45) is 4.88. The maximum Gasteiger partial charge on any atom is 0.239 e. The molecule has 24 heavy (non-hydrogen) atoms. The van der Waals surface area contributed by atoms with E-state index in [2.05, 4.69) is 25.4 Å². The van der Waals surface area contributed by atoms with E-state index < -0.39 is 0 Å². The molecule has 0 aliphatic carbocycles. The Morgan fingerprint density at radius 3 is 3.08 bits per heavy atom. The highest BCUT2D eigenvalue weighted by Gasteiger charge is 2.23. The number of carbonyl (C=O) groups excluding carboxylic acids is 1. The Labute approximate surface area is 140 Å². The van der Waals surface area contributed by atoms with Crippen LogP contribution in [-0.2, 0) is 16.1 Å². The van der Waals surface area contributed by atoms with Gasteiger partial charge in [0.15, 0.2) is 0 Å². The molecule has 0 spiro atoms. The van der Waals surface area contributed by atoms with Gasteiger partial charge in [-0.05, 0) is 13.8 Å². The standard InChI is InChI=1S/C15H23N7O2/c1-12(2)22-14(3-4-17-22)19-15(23)9-20-5-6-24-13(7-20)8-21-11-16-10-18-21/h3-4,10-13H,5-9H2,1-2H3,(H,19,23)/t13-/m0/s1. The molecule has 1 saturated heterocycles. The number of hydrogen-bond donors (Lipinski definition) is 1. The van der Waals surface area contributed by atoms with Crippen molar-refractivity contribution >= 4 is 11.7 Å². The summed E-state index contributed by atoms with van der Waals surface area (Å²) in [6, 6.07) is 2.01. The number of aromatic nitrogens is 5. The molecule has 0 unspecified atom stereocenters. The molecule has 1 aliphatic rings. The average Bonchev–Trinajstić information content (AvgIpc) is 3.19. The van der Waals surface area contributed by atoms with Gasteiger partial charge in [-0.2, -0.15) is 10.2 Å². The Bertz CT molecular complexity index is 653. The summed E-state index contributed by atoms with van der Waals surface area (Å²) in [5.41, 5.74) is 0. The molecule has 1 fully saturated rings. The van der Waals surface area contributed by atoms with Gasteiger partial charge in [0.25, 0.3) is 0 Å². The number of rotatable bonds is 6. The first-order valence-electron chi connectivity index (χ1n) is 8.11. The fourth-order valence-corrected chi connectivity index (χ4v) is 2.78. The minimum atomic E-state index is -0.0428. The molecule has 1 N–H and O–H groups in total. The van der Waals surface area contributed by atoms with E-state index in [-0.39, 0.29) is 18.1 Å². The van der Waals surface area contributed by atoms with E-state index in [1.54, 1.807) is 21.9 Å². The number of ether oxygens (including phenoxy) is 1. The van der Waals surface area contributed by atoms with Gasteiger partial charge in [-0.15, -0.1) is 0 Å². The number of morpholine rings is 1. The Kier molecular flexibility index (Phi) is 5.21. The second kappa shape index (κ2) is 7.54. The van der Waals surface area contributed by atoms with E-state index in [0.717, 1.165) is 12.4 Å². The third kappa shape index (κ3) is 4.18. The zero-order chi connectivity index (χ0) is 16.9. The molecule has 3 rings (SSSR count). The number of anilines is 1. The predicted octanol–water partition coefficient (Wildman–Crippen LogP) is 0.395. The van der Waals surface area contributed by atoms with Gasteiger partial charge in [0, 0.05) is 25.2 Å². The van der Waals surface area contributed by atoms with Gasteiger partial charge in [0.05, 0.1) is 32.0 Å². The topological polar surface area (TPSA) is 90.1 Å². The molecule has 0 saturated carbocycles. The van der Waals surface area contributed by atoms with E-state index in [9.17, 15) is 4.79 Å². The lowest BCUT2D eigenvalue weighted by Crippen LogP contribution is -2.47. The van der Waals surface area contributed by atoms with Crippen LogP contribution in [0, 0.1) is 0 Å². The summed E-state index contributed by atoms with van der Waals surface area (Å²) in [4.78, 5) is 18.3. The van der Waals surface area contributed by atoms with E-state index >= 15 is 0 Å². The Morgan fingerprint density at radius 1 is 1.46 bits per heavy atom. The van der Waals surface area contributed by atoms with Gasteiger partial charge in [-0.25, -0.2) is 9.67 Å². The van der Waals surface area contributed by atoms with Crippen LogP contribution in [0.5, 0.6) is 0 Å². The van der Waals surface area contributed by atoms with Gasteiger partial charge < -0.3 is 10.1 Å². The van der Waals surface area contributed by atoms with E-state index in [4.69, 9.17) is 4.74 Å². The summed E-state index contributed by atoms with van der Waals surface area (Å²) < 4.78 is 9.29. The Balaban J connectivity index is 1.51. The molecule has 0 bridgehead atoms. The summed E-state index contributed by atoms with van der Waals surface area (Å²) in [7, 11) is 0. The zero-order valence-electron chi connectivity index (χ0n) is 14.0. The first-order chi connectivity index (χ1) is 11.6. The van der Waals surface area contributed by atoms with Crippen molar-refractivity contribution in [1.82, 2.24) is 29.4 Å². The molecule has 9 nitrogen and oxygen atoms in total. The first-order valence-corrected chi connectivity index (χ1v) is 8.11. The first kappa shape index (κ1) is 16.6. The van der Waals surface area contributed by atoms with Crippen LogP contribution in [0.3, 0.4) is 0 Å². The number of carbonyl (C=O) groups is 1. The second-order valence-corrected chi connectivity index (χ2v) is 6.15. The average molecular weight is 333 g/mol. The van der Waals surface area contributed by atoms with Gasteiger partial charge in [0.1, 0.15) is 18.5 Å². The Hall–Kier alpha value is -2.26. The van der Waals surface area contributed by atoms with Crippen LogP contribution < -0.4 is 5.32 Å². The normalized spacial score (nSPS) is 18.9. The van der Waals surface area contributed by atoms with Crippen LogP contribution in [0.25, 0.3) is 0 Å². The number of nitrogens with one attached hydrogen (secondary N) is 1. The predicted molar refractivity (Wildman–Crippen MR) is 87.4 cm³/mol. The summed E-state index contributed by atoms with van der Waals surface area (Å²) >= 11 is 0. The van der Waals surface area contributed by atoms with Crippen molar-refractivity contribution in [2.75, 3.05) is 31.6 Å². The lowest BCUT2D eigenvalue weighted by molar-refractivity contribution is -0.119. The molecule has 2 aromatic rings. The number of nitrogens with zero attached hydrogens (tertiary/aromatic N) is 6. The third-order valence-corrected chi connectivity index (χ3v) is 3.87. The fourth-order valence-electron chi connectivity index (χ4n) is 2.78. The van der Waals surface area contributed by atoms with Crippen molar-refractivity contribution in [3.63, 3.8) is 0 Å². The van der Waals surface area contributed by atoms with E-state index in [0.29, 0.717) is 26.2 Å². The summed E-state index contributed by atoms with van der Waals surface area (Å²) in [5, 5.41) is 11.2. The van der Waals surface area contributed by atoms with Crippen molar-refractivity contribution in [2.45, 2.75) is 32.5 Å². The zero-order valence-corrected chi connectivity index (χ0v) is 14.0. The highest BCUT2D eigenvalue weighted by Crippen LogP contribution is 2.13. The Morgan fingerprint density at radius 2 is 2.33 bits per heavy atom. The lowest BCUT2D eigenvalue weighted by atomic mass is 10.2. The molecular formula is C15H23N7O2. The number of hydrogen-bond acceptors (Lipinski definition) is 6. The van der Waals surface area contributed by atoms with Crippen molar-refractivity contribution in [2.24, 2.45) is 0 Å². The van der Waals surface area contributed by atoms with Gasteiger partial charge >= 0.3 is 0 Å². The van der Waals surface area contributed by atoms with Crippen LogP contribution >= 0.6 is 0 Å². The largest absolute Gasteiger partial charge is 0.374 e. The van der Waals surface area contributed by atoms with Gasteiger partial charge in [-0.1, -0.05) is 0 Å². The summed E-state index contributed by atoms with van der Waals surface area (Å²) in [5.74, 6) is 0.682. The van der Waals surface area contributed by atoms with E-state index in [1.807, 2.05) is 19.9 Å². The minimum absolute atomic E-state index is 0.00874. The van der Waals surface area contributed by atoms with Crippen molar-refractivity contribution in [3.05, 3.63) is 24.9 Å².